The molecule has 2 N–H and O–H groups in total. The molecule has 1 nitrogen and oxygen atoms in total. The fraction of sp³-hybridized carbons (Fsp3) is 0.600. The van der Waals surface area contributed by atoms with E-state index in [1.54, 1.807) is 0 Å². The van der Waals surface area contributed by atoms with Crippen LogP contribution in [-0.4, -0.2) is 6.54 Å². The van der Waals surface area contributed by atoms with E-state index >= 15 is 0 Å². The van der Waals surface area contributed by atoms with E-state index in [4.69, 9.17) is 5.73 Å². The first-order valence-corrected chi connectivity index (χ1v) is 6.45. The van der Waals surface area contributed by atoms with Gasteiger partial charge in [-0.3, -0.25) is 0 Å². The molecule has 2 saturated carbocycles. The maximum absolute atomic E-state index is 6.05. The Kier molecular flexibility index (Phi) is 2.16. The van der Waals surface area contributed by atoms with E-state index in [-0.39, 0.29) is 0 Å². The minimum Gasteiger partial charge on any atom is -0.330 e. The topological polar surface area (TPSA) is 26.0 Å². The number of nitrogens with two attached hydrogens (primary N) is 1. The molecular formula is C15H21N. The molecule has 0 unspecified atom stereocenters. The Morgan fingerprint density at radius 2 is 2.00 bits per heavy atom. The summed E-state index contributed by atoms with van der Waals surface area (Å²) in [5.74, 6) is 0. The van der Waals surface area contributed by atoms with Gasteiger partial charge >= 0.3 is 0 Å². The van der Waals surface area contributed by atoms with Gasteiger partial charge in [0.2, 0.25) is 0 Å². The Labute approximate surface area is 98.0 Å². The first-order valence-electron chi connectivity index (χ1n) is 6.45. The Morgan fingerprint density at radius 3 is 2.50 bits per heavy atom. The van der Waals surface area contributed by atoms with Gasteiger partial charge in [-0.2, -0.15) is 0 Å². The quantitative estimate of drug-likeness (QED) is 0.805. The van der Waals surface area contributed by atoms with Gasteiger partial charge in [0, 0.05) is 12.0 Å². The van der Waals surface area contributed by atoms with Crippen LogP contribution in [0.2, 0.25) is 0 Å². The van der Waals surface area contributed by atoms with E-state index in [0.29, 0.717) is 10.8 Å². The van der Waals surface area contributed by atoms with Gasteiger partial charge in [-0.1, -0.05) is 36.2 Å². The second-order valence-electron chi connectivity index (χ2n) is 6.06. The lowest BCUT2D eigenvalue weighted by atomic mass is 9.44. The van der Waals surface area contributed by atoms with E-state index in [2.05, 4.69) is 31.2 Å². The van der Waals surface area contributed by atoms with Crippen LogP contribution < -0.4 is 5.73 Å². The van der Waals surface area contributed by atoms with Crippen LogP contribution in [-0.2, 0) is 5.41 Å². The van der Waals surface area contributed by atoms with E-state index < -0.39 is 0 Å². The smallest absolute Gasteiger partial charge is 0.00862 e. The minimum atomic E-state index is 0.312. The SMILES string of the molecule is Cc1cccc(C2(CN)CC3(CCC3)C2)c1. The molecule has 0 atom stereocenters. The lowest BCUT2D eigenvalue weighted by Crippen LogP contribution is -2.56. The van der Waals surface area contributed by atoms with E-state index in [1.165, 1.54) is 43.2 Å². The molecule has 3 rings (SSSR count). The van der Waals surface area contributed by atoms with Crippen molar-refractivity contribution in [3.8, 4) is 0 Å². The highest BCUT2D eigenvalue weighted by Crippen LogP contribution is 2.64. The average Bonchev–Trinajstić information content (AvgIpc) is 2.15. The van der Waals surface area contributed by atoms with Crippen molar-refractivity contribution in [2.75, 3.05) is 6.54 Å². The van der Waals surface area contributed by atoms with Crippen LogP contribution in [0.3, 0.4) is 0 Å². The summed E-state index contributed by atoms with van der Waals surface area (Å²) >= 11 is 0. The van der Waals surface area contributed by atoms with Crippen LogP contribution >= 0.6 is 0 Å². The summed E-state index contributed by atoms with van der Waals surface area (Å²) in [7, 11) is 0. The van der Waals surface area contributed by atoms with Gasteiger partial charge < -0.3 is 5.73 Å². The molecule has 0 heterocycles. The highest BCUT2D eigenvalue weighted by atomic mass is 14.7. The molecule has 0 radical (unpaired) electrons. The highest BCUT2D eigenvalue weighted by molar-refractivity contribution is 5.34. The van der Waals surface area contributed by atoms with Gasteiger partial charge in [0.15, 0.2) is 0 Å². The lowest BCUT2D eigenvalue weighted by Gasteiger charge is -2.61. The molecule has 86 valence electrons. The van der Waals surface area contributed by atoms with Gasteiger partial charge in [-0.15, -0.1) is 0 Å². The second-order valence-corrected chi connectivity index (χ2v) is 6.06. The molecule has 2 aliphatic carbocycles. The molecule has 0 saturated heterocycles. The number of rotatable bonds is 2. The zero-order valence-corrected chi connectivity index (χ0v) is 10.1. The molecule has 2 fully saturated rings. The lowest BCUT2D eigenvalue weighted by molar-refractivity contribution is -0.0446. The monoisotopic (exact) mass is 215 g/mol. The molecule has 0 amide bonds. The molecule has 0 bridgehead atoms. The molecule has 1 spiro atoms. The first-order chi connectivity index (χ1) is 7.68. The highest BCUT2D eigenvalue weighted by Gasteiger charge is 2.56. The average molecular weight is 215 g/mol. The third-order valence-corrected chi connectivity index (χ3v) is 4.86. The predicted molar refractivity (Wildman–Crippen MR) is 67.4 cm³/mol. The minimum absolute atomic E-state index is 0.312. The zero-order chi connectivity index (χ0) is 11.2. The van der Waals surface area contributed by atoms with E-state index in [1.807, 2.05) is 0 Å². The van der Waals surface area contributed by atoms with Gasteiger partial charge in [0.1, 0.15) is 0 Å². The number of hydrogen-bond donors (Lipinski definition) is 1. The van der Waals surface area contributed by atoms with Crippen molar-refractivity contribution >= 4 is 0 Å². The summed E-state index contributed by atoms with van der Waals surface area (Å²) in [6.45, 7) is 2.99. The second kappa shape index (κ2) is 3.33. The first kappa shape index (κ1) is 10.3. The Hall–Kier alpha value is -0.820. The molecule has 16 heavy (non-hydrogen) atoms. The van der Waals surface area contributed by atoms with Crippen LogP contribution in [0.1, 0.15) is 43.2 Å². The van der Waals surface area contributed by atoms with Crippen molar-refractivity contribution in [3.05, 3.63) is 35.4 Å². The third kappa shape index (κ3) is 1.34. The molecule has 0 aliphatic heterocycles. The Morgan fingerprint density at radius 1 is 1.25 bits per heavy atom. The summed E-state index contributed by atoms with van der Waals surface area (Å²) in [5, 5.41) is 0. The maximum atomic E-state index is 6.05. The van der Waals surface area contributed by atoms with Crippen LogP contribution in [0.15, 0.2) is 24.3 Å². The summed E-state index contributed by atoms with van der Waals surface area (Å²) in [6, 6.07) is 8.95. The van der Waals surface area contributed by atoms with Crippen LogP contribution in [0.5, 0.6) is 0 Å². The molecule has 0 aromatic heterocycles. The summed E-state index contributed by atoms with van der Waals surface area (Å²) in [6.07, 6.45) is 7.00. The Bertz CT molecular complexity index is 396. The normalized spacial score (nSPS) is 24.9. The van der Waals surface area contributed by atoms with Crippen molar-refractivity contribution in [1.82, 2.24) is 0 Å². The standard InChI is InChI=1S/C15H21N/c1-12-4-2-5-13(8-12)15(11-16)9-14(10-15)6-3-7-14/h2,4-5,8H,3,6-7,9-11,16H2,1H3. The van der Waals surface area contributed by atoms with Gasteiger partial charge in [-0.25, -0.2) is 0 Å². The Balaban J connectivity index is 1.87. The number of aryl methyl sites for hydroxylation is 1. The van der Waals surface area contributed by atoms with Crippen LogP contribution in [0.4, 0.5) is 0 Å². The van der Waals surface area contributed by atoms with E-state index in [0.717, 1.165) is 6.54 Å². The molecule has 1 aromatic carbocycles. The summed E-state index contributed by atoms with van der Waals surface area (Å²) in [5.41, 5.74) is 9.90. The predicted octanol–water partition coefficient (Wildman–Crippen LogP) is 3.16. The van der Waals surface area contributed by atoms with Crippen LogP contribution in [0, 0.1) is 12.3 Å². The van der Waals surface area contributed by atoms with E-state index in [9.17, 15) is 0 Å². The van der Waals surface area contributed by atoms with Crippen molar-refractivity contribution < 1.29 is 0 Å². The maximum Gasteiger partial charge on any atom is 0.00862 e. The van der Waals surface area contributed by atoms with Gasteiger partial charge in [0.25, 0.3) is 0 Å². The summed E-state index contributed by atoms with van der Waals surface area (Å²) < 4.78 is 0. The van der Waals surface area contributed by atoms with Crippen molar-refractivity contribution in [3.63, 3.8) is 0 Å². The fourth-order valence-electron chi connectivity index (χ4n) is 3.86. The van der Waals surface area contributed by atoms with Crippen molar-refractivity contribution in [2.45, 2.75) is 44.4 Å². The van der Waals surface area contributed by atoms with Crippen molar-refractivity contribution in [1.29, 1.82) is 0 Å². The molecule has 1 aromatic rings. The fourth-order valence-corrected chi connectivity index (χ4v) is 3.86. The molecule has 1 heteroatoms. The third-order valence-electron chi connectivity index (χ3n) is 4.86. The summed E-state index contributed by atoms with van der Waals surface area (Å²) in [4.78, 5) is 0. The molecular weight excluding hydrogens is 194 g/mol. The van der Waals surface area contributed by atoms with Crippen LogP contribution in [0.25, 0.3) is 0 Å². The van der Waals surface area contributed by atoms with Gasteiger partial charge in [0.05, 0.1) is 0 Å². The zero-order valence-electron chi connectivity index (χ0n) is 10.1. The number of benzene rings is 1. The number of hydrogen-bond acceptors (Lipinski definition) is 1. The van der Waals surface area contributed by atoms with Gasteiger partial charge in [-0.05, 0) is 43.6 Å². The largest absolute Gasteiger partial charge is 0.330 e. The molecule has 2 aliphatic rings. The van der Waals surface area contributed by atoms with Crippen molar-refractivity contribution in [2.24, 2.45) is 11.1 Å².